The van der Waals surface area contributed by atoms with Crippen LogP contribution in [-0.4, -0.2) is 25.7 Å². The van der Waals surface area contributed by atoms with Gasteiger partial charge in [0.15, 0.2) is 5.13 Å². The van der Waals surface area contributed by atoms with Crippen LogP contribution in [-0.2, 0) is 0 Å². The summed E-state index contributed by atoms with van der Waals surface area (Å²) < 4.78 is 6.95. The zero-order valence-electron chi connectivity index (χ0n) is 11.8. The zero-order valence-corrected chi connectivity index (χ0v) is 13.5. The molecule has 0 amide bonds. The lowest BCUT2D eigenvalue weighted by Crippen LogP contribution is -2.07. The van der Waals surface area contributed by atoms with E-state index in [9.17, 15) is 0 Å². The van der Waals surface area contributed by atoms with Gasteiger partial charge in [-0.3, -0.25) is 0 Å². The highest BCUT2D eigenvalue weighted by Crippen LogP contribution is 2.30. The first-order valence-electron chi connectivity index (χ1n) is 6.27. The highest BCUT2D eigenvalue weighted by atomic mass is 35.5. The van der Waals surface area contributed by atoms with Gasteiger partial charge >= 0.3 is 0 Å². The van der Waals surface area contributed by atoms with Gasteiger partial charge in [-0.1, -0.05) is 25.2 Å². The molecule has 1 aromatic carbocycles. The van der Waals surface area contributed by atoms with E-state index < -0.39 is 0 Å². The number of fused-ring (bicyclic) bond motifs is 1. The SMILES string of the molecule is CC(C)CCOc1ccc2sc(N(C)C)nc2c1.Cl. The molecule has 0 saturated carbocycles. The summed E-state index contributed by atoms with van der Waals surface area (Å²) in [6.45, 7) is 5.18. The molecule has 2 rings (SSSR count). The van der Waals surface area contributed by atoms with Gasteiger partial charge in [-0.05, 0) is 24.5 Å². The minimum atomic E-state index is 0. The Bertz CT molecular complexity index is 525. The van der Waals surface area contributed by atoms with E-state index in [1.165, 1.54) is 4.70 Å². The molecule has 0 fully saturated rings. The number of hydrogen-bond acceptors (Lipinski definition) is 4. The Balaban J connectivity index is 0.00000180. The van der Waals surface area contributed by atoms with Gasteiger partial charge < -0.3 is 9.64 Å². The molecule has 0 spiro atoms. The quantitative estimate of drug-likeness (QED) is 0.827. The van der Waals surface area contributed by atoms with Crippen molar-refractivity contribution in [2.75, 3.05) is 25.6 Å². The van der Waals surface area contributed by atoms with Crippen molar-refractivity contribution in [1.82, 2.24) is 4.98 Å². The van der Waals surface area contributed by atoms with Crippen LogP contribution in [0.1, 0.15) is 20.3 Å². The summed E-state index contributed by atoms with van der Waals surface area (Å²) in [5.74, 6) is 1.59. The van der Waals surface area contributed by atoms with Crippen LogP contribution in [0.3, 0.4) is 0 Å². The smallest absolute Gasteiger partial charge is 0.185 e. The summed E-state index contributed by atoms with van der Waals surface area (Å²) in [6.07, 6.45) is 1.08. The standard InChI is InChI=1S/C14H20N2OS.ClH/c1-10(2)7-8-17-11-5-6-13-12(9-11)15-14(18-13)16(3)4;/h5-6,9-10H,7-8H2,1-4H3;1H. The van der Waals surface area contributed by atoms with Gasteiger partial charge in [0.05, 0.1) is 16.8 Å². The third-order valence-electron chi connectivity index (χ3n) is 2.69. The van der Waals surface area contributed by atoms with Crippen LogP contribution >= 0.6 is 23.7 Å². The average molecular weight is 301 g/mol. The number of benzene rings is 1. The fraction of sp³-hybridized carbons (Fsp3) is 0.500. The third kappa shape index (κ3) is 4.25. The van der Waals surface area contributed by atoms with Crippen LogP contribution in [0.4, 0.5) is 5.13 Å². The lowest BCUT2D eigenvalue weighted by atomic mass is 10.1. The second-order valence-corrected chi connectivity index (χ2v) is 6.06. The number of aromatic nitrogens is 1. The molecule has 0 aliphatic rings. The molecule has 0 radical (unpaired) electrons. The average Bonchev–Trinajstić information content (AvgIpc) is 2.71. The molecule has 5 heteroatoms. The number of anilines is 1. The van der Waals surface area contributed by atoms with Crippen molar-refractivity contribution >= 4 is 39.1 Å². The number of hydrogen-bond donors (Lipinski definition) is 0. The summed E-state index contributed by atoms with van der Waals surface area (Å²) >= 11 is 1.70. The second-order valence-electron chi connectivity index (χ2n) is 5.05. The minimum Gasteiger partial charge on any atom is -0.494 e. The van der Waals surface area contributed by atoms with Gasteiger partial charge in [0.1, 0.15) is 5.75 Å². The number of thiazole rings is 1. The summed E-state index contributed by atoms with van der Waals surface area (Å²) in [4.78, 5) is 6.61. The van der Waals surface area contributed by atoms with E-state index in [1.807, 2.05) is 31.1 Å². The number of rotatable bonds is 5. The van der Waals surface area contributed by atoms with E-state index in [-0.39, 0.29) is 12.4 Å². The fourth-order valence-corrected chi connectivity index (χ4v) is 2.46. The predicted octanol–water partition coefficient (Wildman–Crippen LogP) is 4.21. The lowest BCUT2D eigenvalue weighted by molar-refractivity contribution is 0.290. The van der Waals surface area contributed by atoms with Crippen molar-refractivity contribution < 1.29 is 4.74 Å². The first-order chi connectivity index (χ1) is 8.56. The molecule has 2 aromatic rings. The Morgan fingerprint density at radius 1 is 1.32 bits per heavy atom. The fourth-order valence-electron chi connectivity index (χ4n) is 1.59. The molecule has 106 valence electrons. The van der Waals surface area contributed by atoms with Gasteiger partial charge in [0.25, 0.3) is 0 Å². The van der Waals surface area contributed by atoms with Crippen LogP contribution in [0.2, 0.25) is 0 Å². The topological polar surface area (TPSA) is 25.4 Å². The Kier molecular flexibility index (Phi) is 5.88. The van der Waals surface area contributed by atoms with Crippen LogP contribution in [0.5, 0.6) is 5.75 Å². The lowest BCUT2D eigenvalue weighted by Gasteiger charge is -2.07. The Hall–Kier alpha value is -1.00. The number of nitrogens with zero attached hydrogens (tertiary/aromatic N) is 2. The van der Waals surface area contributed by atoms with E-state index in [0.29, 0.717) is 5.92 Å². The van der Waals surface area contributed by atoms with Gasteiger partial charge in [-0.15, -0.1) is 12.4 Å². The number of halogens is 1. The molecule has 0 saturated heterocycles. The van der Waals surface area contributed by atoms with Gasteiger partial charge in [0.2, 0.25) is 0 Å². The van der Waals surface area contributed by atoms with Crippen molar-refractivity contribution in [3.63, 3.8) is 0 Å². The molecule has 0 aliphatic carbocycles. The molecule has 0 unspecified atom stereocenters. The summed E-state index contributed by atoms with van der Waals surface area (Å²) in [5.41, 5.74) is 1.02. The first-order valence-corrected chi connectivity index (χ1v) is 7.08. The molecular weight excluding hydrogens is 280 g/mol. The molecule has 1 heterocycles. The Labute approximate surface area is 125 Å². The van der Waals surface area contributed by atoms with Crippen LogP contribution in [0, 0.1) is 5.92 Å². The molecule has 0 bridgehead atoms. The van der Waals surface area contributed by atoms with Crippen LogP contribution in [0.25, 0.3) is 10.2 Å². The van der Waals surface area contributed by atoms with E-state index in [4.69, 9.17) is 4.74 Å². The molecule has 0 aliphatic heterocycles. The normalized spacial score (nSPS) is 10.6. The van der Waals surface area contributed by atoms with E-state index >= 15 is 0 Å². The molecule has 3 nitrogen and oxygen atoms in total. The maximum atomic E-state index is 5.75. The second kappa shape index (κ2) is 6.96. The highest BCUT2D eigenvalue weighted by Gasteiger charge is 2.06. The largest absolute Gasteiger partial charge is 0.494 e. The van der Waals surface area contributed by atoms with Crippen molar-refractivity contribution in [3.8, 4) is 5.75 Å². The summed E-state index contributed by atoms with van der Waals surface area (Å²) in [5, 5.41) is 1.03. The maximum absolute atomic E-state index is 5.75. The molecule has 19 heavy (non-hydrogen) atoms. The van der Waals surface area contributed by atoms with Crippen LogP contribution < -0.4 is 9.64 Å². The van der Waals surface area contributed by atoms with Gasteiger partial charge in [-0.25, -0.2) is 4.98 Å². The van der Waals surface area contributed by atoms with E-state index in [2.05, 4.69) is 24.9 Å². The molecular formula is C14H21ClN2OS. The zero-order chi connectivity index (χ0) is 13.1. The minimum absolute atomic E-state index is 0. The highest BCUT2D eigenvalue weighted by molar-refractivity contribution is 7.22. The van der Waals surface area contributed by atoms with E-state index in [0.717, 1.165) is 29.4 Å². The molecule has 1 aromatic heterocycles. The summed E-state index contributed by atoms with van der Waals surface area (Å²) in [7, 11) is 4.02. The summed E-state index contributed by atoms with van der Waals surface area (Å²) in [6, 6.07) is 6.14. The van der Waals surface area contributed by atoms with Crippen molar-refractivity contribution in [2.45, 2.75) is 20.3 Å². The Morgan fingerprint density at radius 3 is 2.68 bits per heavy atom. The van der Waals surface area contributed by atoms with Crippen molar-refractivity contribution in [3.05, 3.63) is 18.2 Å². The maximum Gasteiger partial charge on any atom is 0.185 e. The third-order valence-corrected chi connectivity index (χ3v) is 3.90. The Morgan fingerprint density at radius 2 is 2.05 bits per heavy atom. The molecule has 0 atom stereocenters. The first kappa shape index (κ1) is 16.1. The monoisotopic (exact) mass is 300 g/mol. The van der Waals surface area contributed by atoms with Crippen molar-refractivity contribution in [1.29, 1.82) is 0 Å². The van der Waals surface area contributed by atoms with Gasteiger partial charge in [-0.2, -0.15) is 0 Å². The molecule has 0 N–H and O–H groups in total. The van der Waals surface area contributed by atoms with E-state index in [1.54, 1.807) is 11.3 Å². The van der Waals surface area contributed by atoms with Crippen molar-refractivity contribution in [2.24, 2.45) is 5.92 Å². The predicted molar refractivity (Wildman–Crippen MR) is 86.1 cm³/mol. The number of ether oxygens (including phenoxy) is 1. The van der Waals surface area contributed by atoms with Gasteiger partial charge in [0, 0.05) is 20.2 Å². The van der Waals surface area contributed by atoms with Crippen LogP contribution in [0.15, 0.2) is 18.2 Å².